The maximum Gasteiger partial charge on any atom is -0.0321 e. The predicted octanol–water partition coefficient (Wildman–Crippen LogP) is 14.2. The van der Waals surface area contributed by atoms with E-state index >= 15 is 0 Å². The Hall–Kier alpha value is 0. The van der Waals surface area contributed by atoms with Crippen LogP contribution in [0.4, 0.5) is 0 Å². The molecule has 0 heterocycles. The fourth-order valence-electron chi connectivity index (χ4n) is 15.5. The van der Waals surface area contributed by atoms with E-state index in [1.165, 1.54) is 56.8 Å². The van der Waals surface area contributed by atoms with E-state index < -0.39 is 0 Å². The third-order valence-electron chi connectivity index (χ3n) is 17.7. The van der Waals surface area contributed by atoms with E-state index in [1.54, 1.807) is 122 Å². The first kappa shape index (κ1) is 34.4. The van der Waals surface area contributed by atoms with Crippen LogP contribution in [-0.2, 0) is 0 Å². The molecule has 0 aromatic heterocycles. The lowest BCUT2D eigenvalue weighted by molar-refractivity contribution is -0.0940. The van der Waals surface area contributed by atoms with Crippen LogP contribution in [0.15, 0.2) is 0 Å². The molecule has 0 nitrogen and oxygen atoms in total. The largest absolute Gasteiger partial charge is 0.0654 e. The third-order valence-corrected chi connectivity index (χ3v) is 17.7. The molecule has 0 amide bonds. The van der Waals surface area contributed by atoms with Crippen LogP contribution in [0, 0.1) is 94.7 Å². The fraction of sp³-hybridized carbons (Fsp3) is 1.00. The average molecular weight is 633 g/mol. The first-order chi connectivity index (χ1) is 22.6. The number of rotatable bonds is 11. The average Bonchev–Trinajstić information content (AvgIpc) is 3.76. The van der Waals surface area contributed by atoms with E-state index in [0.29, 0.717) is 0 Å². The molecule has 13 atom stereocenters. The van der Waals surface area contributed by atoms with Crippen LogP contribution in [0.3, 0.4) is 0 Å². The summed E-state index contributed by atoms with van der Waals surface area (Å²) in [5.41, 5.74) is 0. The Labute approximate surface area is 288 Å². The highest BCUT2D eigenvalue weighted by Gasteiger charge is 2.57. The zero-order chi connectivity index (χ0) is 31.6. The van der Waals surface area contributed by atoms with E-state index in [4.69, 9.17) is 0 Å². The predicted molar refractivity (Wildman–Crippen MR) is 199 cm³/mol. The Bertz CT molecular complexity index is 893. The maximum atomic E-state index is 2.66. The Morgan fingerprint density at radius 2 is 1.07 bits per heavy atom. The second kappa shape index (κ2) is 15.9. The van der Waals surface area contributed by atoms with E-state index in [0.717, 1.165) is 82.9 Å². The number of hydrogen-bond acceptors (Lipinski definition) is 0. The summed E-state index contributed by atoms with van der Waals surface area (Å²) in [5.74, 6) is 17.5. The van der Waals surface area contributed by atoms with Gasteiger partial charge in [0.2, 0.25) is 0 Å². The van der Waals surface area contributed by atoms with Crippen LogP contribution in [0.2, 0.25) is 0 Å². The van der Waals surface area contributed by atoms with Crippen LogP contribution in [0.5, 0.6) is 0 Å². The molecule has 13 unspecified atom stereocenters. The van der Waals surface area contributed by atoms with Crippen LogP contribution < -0.4 is 0 Å². The fourth-order valence-corrected chi connectivity index (χ4v) is 15.5. The number of unbranched alkanes of at least 4 members (excludes halogenated alkanes) is 1. The topological polar surface area (TPSA) is 0 Å². The lowest BCUT2D eigenvalue weighted by Crippen LogP contribution is -2.52. The molecule has 0 heteroatoms. The molecule has 8 aliphatic carbocycles. The quantitative estimate of drug-likeness (QED) is 0.213. The monoisotopic (exact) mass is 633 g/mol. The third kappa shape index (κ3) is 7.24. The van der Waals surface area contributed by atoms with Crippen LogP contribution in [0.1, 0.15) is 195 Å². The molecule has 0 radical (unpaired) electrons. The molecule has 0 aromatic carbocycles. The van der Waals surface area contributed by atoms with Gasteiger partial charge in [-0.3, -0.25) is 0 Å². The van der Waals surface area contributed by atoms with Crippen molar-refractivity contribution in [1.29, 1.82) is 0 Å². The summed E-state index contributed by atoms with van der Waals surface area (Å²) in [5, 5.41) is 0. The lowest BCUT2D eigenvalue weighted by atomic mass is 9.47. The van der Waals surface area contributed by atoms with Crippen molar-refractivity contribution in [2.24, 2.45) is 94.7 Å². The smallest absolute Gasteiger partial charge is 0.0321 e. The highest BCUT2D eigenvalue weighted by Crippen LogP contribution is 2.64. The molecule has 46 heavy (non-hydrogen) atoms. The van der Waals surface area contributed by atoms with Gasteiger partial charge in [0.1, 0.15) is 0 Å². The minimum Gasteiger partial charge on any atom is -0.0654 e. The van der Waals surface area contributed by atoms with Crippen molar-refractivity contribution in [3.63, 3.8) is 0 Å². The summed E-state index contributed by atoms with van der Waals surface area (Å²) in [7, 11) is 0. The molecule has 264 valence electrons. The Kier molecular flexibility index (Phi) is 11.9. The molecule has 0 aliphatic heterocycles. The van der Waals surface area contributed by atoms with E-state index in [9.17, 15) is 0 Å². The molecule has 0 saturated heterocycles. The van der Waals surface area contributed by atoms with Gasteiger partial charge in [0, 0.05) is 0 Å². The lowest BCUT2D eigenvalue weighted by Gasteiger charge is -2.58. The molecule has 8 rings (SSSR count). The summed E-state index contributed by atoms with van der Waals surface area (Å²) < 4.78 is 0. The van der Waals surface area contributed by atoms with E-state index in [2.05, 4.69) is 27.7 Å². The van der Waals surface area contributed by atoms with Crippen LogP contribution in [0.25, 0.3) is 0 Å². The van der Waals surface area contributed by atoms with Gasteiger partial charge in [0.25, 0.3) is 0 Å². The SMILES string of the molecule is C1CC2CCCC2C1.CCCCC(C(CC)CC(C1CCCC1)C1CC1C)C1C2CCCCC2C(C2CCCC2C)C2CCCC21. The van der Waals surface area contributed by atoms with Gasteiger partial charge in [-0.05, 0) is 146 Å². The van der Waals surface area contributed by atoms with Gasteiger partial charge in [0.15, 0.2) is 0 Å². The van der Waals surface area contributed by atoms with E-state index in [1.807, 2.05) is 0 Å². The minimum atomic E-state index is 1.02. The molecule has 0 spiro atoms. The Morgan fingerprint density at radius 3 is 1.63 bits per heavy atom. The zero-order valence-corrected chi connectivity index (χ0v) is 31.6. The highest BCUT2D eigenvalue weighted by molar-refractivity contribution is 5.06. The van der Waals surface area contributed by atoms with Crippen molar-refractivity contribution < 1.29 is 0 Å². The summed E-state index contributed by atoms with van der Waals surface area (Å²) >= 11 is 0. The normalized spacial score (nSPS) is 45.4. The summed E-state index contributed by atoms with van der Waals surface area (Å²) in [4.78, 5) is 0. The molecule has 8 saturated carbocycles. The standard InChI is InChI=1S/C38H66.C8H14/c1-5-7-17-30(27(6-2)24-36(35-23-26(35)4)28-15-8-9-16-28)38-32-19-11-10-18-31(32)37(29-20-12-14-25(29)3)33-21-13-22-34(33)38;1-3-7-5-2-6-8(7)4-1/h25-38H,5-24H2,1-4H3;7-8H,1-6H2. The van der Waals surface area contributed by atoms with Gasteiger partial charge in [0.05, 0.1) is 0 Å². The summed E-state index contributed by atoms with van der Waals surface area (Å²) in [6.45, 7) is 10.3. The van der Waals surface area contributed by atoms with Crippen molar-refractivity contribution in [1.82, 2.24) is 0 Å². The molecular formula is C46H80. The molecule has 0 aromatic rings. The van der Waals surface area contributed by atoms with Crippen molar-refractivity contribution in [2.75, 3.05) is 0 Å². The second-order valence-electron chi connectivity index (χ2n) is 19.8. The van der Waals surface area contributed by atoms with Crippen molar-refractivity contribution in [3.05, 3.63) is 0 Å². The van der Waals surface area contributed by atoms with Crippen LogP contribution >= 0.6 is 0 Å². The van der Waals surface area contributed by atoms with Crippen molar-refractivity contribution in [2.45, 2.75) is 195 Å². The summed E-state index contributed by atoms with van der Waals surface area (Å²) in [6, 6.07) is 0. The summed E-state index contributed by atoms with van der Waals surface area (Å²) in [6.07, 6.45) is 40.5. The molecule has 8 fully saturated rings. The number of hydrogen-bond donors (Lipinski definition) is 0. The van der Waals surface area contributed by atoms with Gasteiger partial charge >= 0.3 is 0 Å². The van der Waals surface area contributed by atoms with Crippen molar-refractivity contribution in [3.8, 4) is 0 Å². The Morgan fingerprint density at radius 1 is 0.543 bits per heavy atom. The minimum absolute atomic E-state index is 1.02. The Balaban J connectivity index is 0.000000365. The molecule has 8 aliphatic rings. The van der Waals surface area contributed by atoms with Gasteiger partial charge in [-0.2, -0.15) is 0 Å². The van der Waals surface area contributed by atoms with Gasteiger partial charge in [-0.15, -0.1) is 0 Å². The molecular weight excluding hydrogens is 553 g/mol. The highest BCUT2D eigenvalue weighted by atomic mass is 14.6. The van der Waals surface area contributed by atoms with Gasteiger partial charge in [-0.25, -0.2) is 0 Å². The maximum absolute atomic E-state index is 2.66. The van der Waals surface area contributed by atoms with Crippen LogP contribution in [-0.4, -0.2) is 0 Å². The van der Waals surface area contributed by atoms with Gasteiger partial charge < -0.3 is 0 Å². The molecule has 0 bridgehead atoms. The number of fused-ring (bicyclic) bond motifs is 3. The van der Waals surface area contributed by atoms with E-state index in [-0.39, 0.29) is 0 Å². The van der Waals surface area contributed by atoms with Gasteiger partial charge in [-0.1, -0.05) is 143 Å². The second-order valence-corrected chi connectivity index (χ2v) is 19.8. The molecule has 0 N–H and O–H groups in total. The zero-order valence-electron chi connectivity index (χ0n) is 31.6. The van der Waals surface area contributed by atoms with Crippen molar-refractivity contribution >= 4 is 0 Å². The first-order valence-electron chi connectivity index (χ1n) is 22.6. The first-order valence-corrected chi connectivity index (χ1v) is 22.6.